The summed E-state index contributed by atoms with van der Waals surface area (Å²) in [5.74, 6) is 0.265. The summed E-state index contributed by atoms with van der Waals surface area (Å²) in [5, 5.41) is 0. The van der Waals surface area contributed by atoms with E-state index in [0.29, 0.717) is 6.42 Å². The molecule has 15 heavy (non-hydrogen) atoms. The highest BCUT2D eigenvalue weighted by Crippen LogP contribution is 2.40. The second kappa shape index (κ2) is 3.26. The van der Waals surface area contributed by atoms with Crippen LogP contribution in [-0.2, 0) is 4.79 Å². The van der Waals surface area contributed by atoms with Gasteiger partial charge in [-0.25, -0.2) is 0 Å². The fourth-order valence-corrected chi connectivity index (χ4v) is 2.06. The highest BCUT2D eigenvalue weighted by Gasteiger charge is 2.36. The molecule has 1 aliphatic rings. The van der Waals surface area contributed by atoms with Crippen LogP contribution in [0, 0.1) is 0 Å². The average molecular weight is 205 g/mol. The molecule has 0 aromatic heterocycles. The summed E-state index contributed by atoms with van der Waals surface area (Å²) in [6.45, 7) is 3.94. The van der Waals surface area contributed by atoms with E-state index >= 15 is 0 Å². The number of carbonyl (C=O) groups is 1. The van der Waals surface area contributed by atoms with Gasteiger partial charge in [0.15, 0.2) is 0 Å². The smallest absolute Gasteiger partial charge is 0.225 e. The van der Waals surface area contributed by atoms with Crippen molar-refractivity contribution in [1.82, 2.24) is 0 Å². The van der Waals surface area contributed by atoms with Crippen molar-refractivity contribution in [2.24, 2.45) is 5.73 Å². The molecule has 3 heteroatoms. The number of benzene rings is 1. The Morgan fingerprint density at radius 3 is 2.80 bits per heavy atom. The summed E-state index contributed by atoms with van der Waals surface area (Å²) >= 11 is 0. The normalized spacial score (nSPS) is 22.7. The Hall–Kier alpha value is -1.51. The van der Waals surface area contributed by atoms with Gasteiger partial charge in [0.1, 0.15) is 11.4 Å². The van der Waals surface area contributed by atoms with Crippen LogP contribution in [0.1, 0.15) is 31.7 Å². The summed E-state index contributed by atoms with van der Waals surface area (Å²) in [6, 6.07) is 7.58. The molecule has 0 saturated heterocycles. The van der Waals surface area contributed by atoms with E-state index in [2.05, 4.69) is 0 Å². The number of hydrogen-bond donors (Lipinski definition) is 1. The molecule has 1 unspecified atom stereocenters. The lowest BCUT2D eigenvalue weighted by atomic mass is 9.84. The van der Waals surface area contributed by atoms with Crippen LogP contribution >= 0.6 is 0 Å². The maximum Gasteiger partial charge on any atom is 0.225 e. The molecule has 0 fully saturated rings. The second-order valence-corrected chi connectivity index (χ2v) is 4.56. The van der Waals surface area contributed by atoms with E-state index in [-0.39, 0.29) is 17.4 Å². The fourth-order valence-electron chi connectivity index (χ4n) is 2.06. The molecule has 1 aromatic rings. The Morgan fingerprint density at radius 2 is 2.13 bits per heavy atom. The zero-order chi connectivity index (χ0) is 11.1. The van der Waals surface area contributed by atoms with Crippen LogP contribution in [-0.4, -0.2) is 11.5 Å². The highest BCUT2D eigenvalue weighted by atomic mass is 16.5. The van der Waals surface area contributed by atoms with E-state index < -0.39 is 0 Å². The Bertz CT molecular complexity index is 398. The van der Waals surface area contributed by atoms with Crippen LogP contribution in [0.15, 0.2) is 24.3 Å². The van der Waals surface area contributed by atoms with Gasteiger partial charge in [0, 0.05) is 12.0 Å². The molecule has 3 nitrogen and oxygen atoms in total. The van der Waals surface area contributed by atoms with Gasteiger partial charge >= 0.3 is 0 Å². The molecule has 0 spiro atoms. The van der Waals surface area contributed by atoms with E-state index in [1.807, 2.05) is 38.1 Å². The first kappa shape index (κ1) is 10.0. The number of nitrogens with two attached hydrogens (primary N) is 1. The molecular formula is C12H15NO2. The van der Waals surface area contributed by atoms with Crippen LogP contribution < -0.4 is 10.5 Å². The SMILES string of the molecule is CC1(C)CC(C(N)=O)c2ccccc2O1. The number of amides is 1. The van der Waals surface area contributed by atoms with E-state index in [1.165, 1.54) is 0 Å². The molecule has 1 aliphatic heterocycles. The minimum absolute atomic E-state index is 0.232. The lowest BCUT2D eigenvalue weighted by Gasteiger charge is -2.36. The van der Waals surface area contributed by atoms with Crippen molar-refractivity contribution in [3.8, 4) is 5.75 Å². The van der Waals surface area contributed by atoms with E-state index in [4.69, 9.17) is 10.5 Å². The molecule has 2 rings (SSSR count). The molecule has 1 aromatic carbocycles. The van der Waals surface area contributed by atoms with Crippen molar-refractivity contribution in [2.45, 2.75) is 31.8 Å². The van der Waals surface area contributed by atoms with Crippen molar-refractivity contribution < 1.29 is 9.53 Å². The summed E-state index contributed by atoms with van der Waals surface area (Å²) < 4.78 is 5.79. The molecule has 1 heterocycles. The molecule has 0 saturated carbocycles. The van der Waals surface area contributed by atoms with Crippen LogP contribution in [0.3, 0.4) is 0 Å². The van der Waals surface area contributed by atoms with Gasteiger partial charge in [-0.05, 0) is 19.9 Å². The molecule has 0 radical (unpaired) electrons. The molecule has 0 aliphatic carbocycles. The standard InChI is InChI=1S/C12H15NO2/c1-12(2)7-9(11(13)14)8-5-3-4-6-10(8)15-12/h3-6,9H,7H2,1-2H3,(H2,13,14). The summed E-state index contributed by atoms with van der Waals surface area (Å²) in [5.41, 5.74) is 5.99. The third kappa shape index (κ3) is 1.82. The number of ether oxygens (including phenoxy) is 1. The predicted octanol–water partition coefficient (Wildman–Crippen LogP) is 1.82. The summed E-state index contributed by atoms with van der Waals surface area (Å²) in [4.78, 5) is 11.4. The van der Waals surface area contributed by atoms with Gasteiger partial charge in [0.25, 0.3) is 0 Å². The van der Waals surface area contributed by atoms with Crippen molar-refractivity contribution in [3.63, 3.8) is 0 Å². The highest BCUT2D eigenvalue weighted by molar-refractivity contribution is 5.83. The first-order valence-corrected chi connectivity index (χ1v) is 5.07. The van der Waals surface area contributed by atoms with Crippen molar-refractivity contribution >= 4 is 5.91 Å². The predicted molar refractivity (Wildman–Crippen MR) is 57.7 cm³/mol. The number of hydrogen-bond acceptors (Lipinski definition) is 2. The largest absolute Gasteiger partial charge is 0.488 e. The number of rotatable bonds is 1. The van der Waals surface area contributed by atoms with Crippen LogP contribution in [0.4, 0.5) is 0 Å². The Labute approximate surface area is 89.2 Å². The molecule has 1 amide bonds. The van der Waals surface area contributed by atoms with Crippen LogP contribution in [0.5, 0.6) is 5.75 Å². The fraction of sp³-hybridized carbons (Fsp3) is 0.417. The monoisotopic (exact) mass is 205 g/mol. The van der Waals surface area contributed by atoms with Crippen molar-refractivity contribution in [3.05, 3.63) is 29.8 Å². The Morgan fingerprint density at radius 1 is 1.47 bits per heavy atom. The van der Waals surface area contributed by atoms with Gasteiger partial charge in [-0.3, -0.25) is 4.79 Å². The van der Waals surface area contributed by atoms with Gasteiger partial charge in [-0.1, -0.05) is 18.2 Å². The Kier molecular flexibility index (Phi) is 2.18. The zero-order valence-corrected chi connectivity index (χ0v) is 8.99. The molecule has 80 valence electrons. The molecule has 2 N–H and O–H groups in total. The lowest BCUT2D eigenvalue weighted by molar-refractivity contribution is -0.121. The van der Waals surface area contributed by atoms with Crippen LogP contribution in [0.25, 0.3) is 0 Å². The van der Waals surface area contributed by atoms with Crippen LogP contribution in [0.2, 0.25) is 0 Å². The van der Waals surface area contributed by atoms with Gasteiger partial charge < -0.3 is 10.5 Å². The maximum atomic E-state index is 11.4. The molecule has 1 atom stereocenters. The quantitative estimate of drug-likeness (QED) is 0.760. The third-order valence-electron chi connectivity index (χ3n) is 2.72. The lowest BCUT2D eigenvalue weighted by Crippen LogP contribution is -2.39. The number of carbonyl (C=O) groups excluding carboxylic acids is 1. The van der Waals surface area contributed by atoms with Gasteiger partial charge in [0.2, 0.25) is 5.91 Å². The number of fused-ring (bicyclic) bond motifs is 1. The van der Waals surface area contributed by atoms with Gasteiger partial charge in [-0.15, -0.1) is 0 Å². The van der Waals surface area contributed by atoms with E-state index in [1.54, 1.807) is 0 Å². The second-order valence-electron chi connectivity index (χ2n) is 4.56. The zero-order valence-electron chi connectivity index (χ0n) is 8.99. The minimum atomic E-state index is -0.325. The first-order chi connectivity index (χ1) is 6.99. The van der Waals surface area contributed by atoms with Crippen molar-refractivity contribution in [1.29, 1.82) is 0 Å². The van der Waals surface area contributed by atoms with Gasteiger partial charge in [0.05, 0.1) is 5.92 Å². The molecule has 0 bridgehead atoms. The van der Waals surface area contributed by atoms with Gasteiger partial charge in [-0.2, -0.15) is 0 Å². The van der Waals surface area contributed by atoms with Crippen molar-refractivity contribution in [2.75, 3.05) is 0 Å². The Balaban J connectivity index is 2.47. The maximum absolute atomic E-state index is 11.4. The summed E-state index contributed by atoms with van der Waals surface area (Å²) in [6.07, 6.45) is 0.638. The molecular weight excluding hydrogens is 190 g/mol. The first-order valence-electron chi connectivity index (χ1n) is 5.07. The summed E-state index contributed by atoms with van der Waals surface area (Å²) in [7, 11) is 0. The van der Waals surface area contributed by atoms with E-state index in [9.17, 15) is 4.79 Å². The average Bonchev–Trinajstić information content (AvgIpc) is 2.14. The number of primary amides is 1. The van der Waals surface area contributed by atoms with E-state index in [0.717, 1.165) is 11.3 Å². The minimum Gasteiger partial charge on any atom is -0.488 e. The third-order valence-corrected chi connectivity index (χ3v) is 2.72. The topological polar surface area (TPSA) is 52.3 Å². The number of para-hydroxylation sites is 1.